The number of aromatic nitrogens is 1. The van der Waals surface area contributed by atoms with Crippen molar-refractivity contribution in [3.8, 4) is 33.8 Å². The van der Waals surface area contributed by atoms with E-state index in [9.17, 15) is 0 Å². The van der Waals surface area contributed by atoms with Gasteiger partial charge in [-0.1, -0.05) is 103 Å². The number of aromatic amines is 1. The summed E-state index contributed by atoms with van der Waals surface area (Å²) in [6.45, 7) is 4.43. The van der Waals surface area contributed by atoms with Crippen LogP contribution in [0.15, 0.2) is 127 Å². The number of nitrogens with one attached hydrogen (secondary N) is 1. The van der Waals surface area contributed by atoms with Gasteiger partial charge in [-0.3, -0.25) is 0 Å². The number of aryl methyl sites for hydroxylation is 2. The Kier molecular flexibility index (Phi) is 5.22. The van der Waals surface area contributed by atoms with E-state index < -0.39 is 0 Å². The van der Waals surface area contributed by atoms with Crippen LogP contribution in [0.5, 0.6) is 11.5 Å². The Morgan fingerprint density at radius 3 is 2.24 bits per heavy atom. The molecule has 0 amide bonds. The van der Waals surface area contributed by atoms with Crippen LogP contribution < -0.4 is 20.6 Å². The summed E-state index contributed by atoms with van der Waals surface area (Å²) in [7, 11) is 2.35. The normalized spacial score (nSPS) is 12.9. The first kappa shape index (κ1) is 25.6. The Morgan fingerprint density at radius 2 is 1.33 bits per heavy atom. The predicted octanol–water partition coefficient (Wildman–Crippen LogP) is 9.97. The molecule has 1 aromatic heterocycles. The van der Waals surface area contributed by atoms with Crippen molar-refractivity contribution in [1.29, 1.82) is 0 Å². The molecule has 3 nitrogen and oxygen atoms in total. The van der Waals surface area contributed by atoms with Gasteiger partial charge in [0.25, 0.3) is 0 Å². The molecule has 0 aliphatic carbocycles. The third-order valence-corrected chi connectivity index (χ3v) is 9.87. The molecule has 1 radical (unpaired) electrons. The molecule has 3 heterocycles. The molecule has 0 bridgehead atoms. The van der Waals surface area contributed by atoms with Gasteiger partial charge in [-0.2, -0.15) is 0 Å². The van der Waals surface area contributed by atoms with E-state index in [1.807, 2.05) is 6.07 Å². The molecule has 0 spiro atoms. The van der Waals surface area contributed by atoms with Gasteiger partial charge < -0.3 is 14.6 Å². The number of benzene rings is 7. The average molecular weight is 588 g/mol. The maximum Gasteiger partial charge on any atom is 0.198 e. The van der Waals surface area contributed by atoms with Crippen molar-refractivity contribution in [2.45, 2.75) is 13.8 Å². The Balaban J connectivity index is 1.32. The van der Waals surface area contributed by atoms with Crippen LogP contribution in [-0.4, -0.2) is 12.3 Å². The fourth-order valence-corrected chi connectivity index (χ4v) is 7.85. The molecule has 0 saturated carbocycles. The van der Waals surface area contributed by atoms with Crippen LogP contribution >= 0.6 is 0 Å². The van der Waals surface area contributed by atoms with Gasteiger partial charge in [0.15, 0.2) is 18.8 Å². The van der Waals surface area contributed by atoms with Crippen molar-refractivity contribution in [3.63, 3.8) is 0 Å². The third kappa shape index (κ3) is 3.50. The second-order valence-corrected chi connectivity index (χ2v) is 12.5. The number of hydrogen-bond acceptors (Lipinski definition) is 2. The van der Waals surface area contributed by atoms with Crippen LogP contribution in [0, 0.1) is 13.8 Å². The fraction of sp³-hybridized carbons (Fsp3) is 0.0476. The summed E-state index contributed by atoms with van der Waals surface area (Å²) < 4.78 is 6.47. The van der Waals surface area contributed by atoms with Crippen LogP contribution in [0.2, 0.25) is 0 Å². The van der Waals surface area contributed by atoms with E-state index in [0.29, 0.717) is 0 Å². The lowest BCUT2D eigenvalue weighted by Crippen LogP contribution is -2.42. The van der Waals surface area contributed by atoms with Gasteiger partial charge in [0.2, 0.25) is 0 Å². The minimum Gasteiger partial charge on any atom is -0.453 e. The fourth-order valence-electron chi connectivity index (χ4n) is 7.85. The molecule has 0 fully saturated rings. The summed E-state index contributed by atoms with van der Waals surface area (Å²) in [5.41, 5.74) is 15.4. The highest BCUT2D eigenvalue weighted by Gasteiger charge is 2.35. The molecule has 215 valence electrons. The molecular formula is C42H28BN2O. The lowest BCUT2D eigenvalue weighted by molar-refractivity contribution is 0.477. The summed E-state index contributed by atoms with van der Waals surface area (Å²) in [4.78, 5) is 6.32. The first-order valence-corrected chi connectivity index (χ1v) is 15.9. The van der Waals surface area contributed by atoms with Gasteiger partial charge in [0.05, 0.1) is 22.4 Å². The summed E-state index contributed by atoms with van der Waals surface area (Å²) in [5.74, 6) is 1.74. The molecule has 1 N–H and O–H groups in total. The number of para-hydroxylation sites is 4. The molecule has 46 heavy (non-hydrogen) atoms. The number of ether oxygens (including phenoxy) is 1. The molecule has 8 aromatic rings. The molecule has 4 heteroatoms. The molecule has 0 unspecified atom stereocenters. The molecule has 7 aromatic carbocycles. The predicted molar refractivity (Wildman–Crippen MR) is 193 cm³/mol. The highest BCUT2D eigenvalue weighted by Crippen LogP contribution is 2.51. The Hall–Kier alpha value is -5.74. The largest absolute Gasteiger partial charge is 0.453 e. The van der Waals surface area contributed by atoms with Crippen LogP contribution in [0.25, 0.3) is 54.8 Å². The summed E-state index contributed by atoms with van der Waals surface area (Å²) in [5, 5.41) is 4.96. The van der Waals surface area contributed by atoms with Crippen molar-refractivity contribution in [2.24, 2.45) is 0 Å². The van der Waals surface area contributed by atoms with Gasteiger partial charge in [0.1, 0.15) is 0 Å². The first-order valence-electron chi connectivity index (χ1n) is 15.9. The second kappa shape index (κ2) is 9.39. The number of fused-ring (bicyclic) bond motifs is 9. The van der Waals surface area contributed by atoms with Gasteiger partial charge in [0, 0.05) is 27.4 Å². The molecular weight excluding hydrogens is 559 g/mol. The molecule has 0 atom stereocenters. The summed E-state index contributed by atoms with van der Waals surface area (Å²) in [6.07, 6.45) is 0. The van der Waals surface area contributed by atoms with Gasteiger partial charge in [-0.15, -0.1) is 0 Å². The Morgan fingerprint density at radius 1 is 0.587 bits per heavy atom. The van der Waals surface area contributed by atoms with Crippen molar-refractivity contribution in [1.82, 2.24) is 4.98 Å². The highest BCUT2D eigenvalue weighted by molar-refractivity contribution is 6.73. The van der Waals surface area contributed by atoms with E-state index in [0.717, 1.165) is 39.5 Å². The minimum absolute atomic E-state index is 0.864. The second-order valence-electron chi connectivity index (χ2n) is 12.5. The average Bonchev–Trinajstić information content (AvgIpc) is 3.48. The maximum absolute atomic E-state index is 6.47. The van der Waals surface area contributed by atoms with Crippen LogP contribution in [0.3, 0.4) is 0 Å². The number of hydrogen-bond donors (Lipinski definition) is 1. The van der Waals surface area contributed by atoms with Gasteiger partial charge >= 0.3 is 0 Å². The minimum atomic E-state index is 0.864. The monoisotopic (exact) mass is 587 g/mol. The molecule has 2 aliphatic rings. The smallest absolute Gasteiger partial charge is 0.198 e. The zero-order chi connectivity index (χ0) is 30.5. The Labute approximate surface area is 267 Å². The van der Waals surface area contributed by atoms with Gasteiger partial charge in [-0.25, -0.2) is 0 Å². The maximum atomic E-state index is 6.47. The number of rotatable bonds is 2. The topological polar surface area (TPSA) is 28.3 Å². The zero-order valence-corrected chi connectivity index (χ0v) is 25.6. The van der Waals surface area contributed by atoms with Crippen molar-refractivity contribution < 1.29 is 4.74 Å². The zero-order valence-electron chi connectivity index (χ0n) is 25.6. The van der Waals surface area contributed by atoms with Crippen molar-refractivity contribution in [2.75, 3.05) is 4.90 Å². The van der Waals surface area contributed by atoms with E-state index in [-0.39, 0.29) is 0 Å². The van der Waals surface area contributed by atoms with Crippen molar-refractivity contribution >= 4 is 67.8 Å². The standard InChI is InChI=1S/C42H28BN2O/c1-24-10-7-11-25(2)38(24)27-22-32(30-15-8-14-29-31-21-20-26-12-3-4-13-28(26)40(31)44-41(29)30)39-35(23-27)45-34-17-5-6-18-36(34)46-37-19-9-16-33(43-39)42(37)45/h3-23,44H,1-2H3. The van der Waals surface area contributed by atoms with E-state index >= 15 is 0 Å². The number of anilines is 3. The van der Waals surface area contributed by atoms with E-state index in [1.165, 1.54) is 65.9 Å². The van der Waals surface area contributed by atoms with Gasteiger partial charge in [-0.05, 0) is 82.8 Å². The molecule has 10 rings (SSSR count). The first-order chi connectivity index (χ1) is 22.6. The summed E-state index contributed by atoms with van der Waals surface area (Å²) in [6, 6.07) is 46.0. The SMILES string of the molecule is Cc1cccc(C)c1-c1cc(-c2cccc3c2[nH]c2c4ccccc4ccc32)c2c(c1)N1c3ccccc3Oc3cccc(c31)[B]2. The molecule has 0 saturated heterocycles. The van der Waals surface area contributed by atoms with Crippen molar-refractivity contribution in [3.05, 3.63) is 139 Å². The lowest BCUT2D eigenvalue weighted by Gasteiger charge is -2.39. The number of nitrogens with zero attached hydrogens (tertiary/aromatic N) is 1. The van der Waals surface area contributed by atoms with Crippen LogP contribution in [0.1, 0.15) is 11.1 Å². The summed E-state index contributed by atoms with van der Waals surface area (Å²) >= 11 is 0. The molecule has 2 aliphatic heterocycles. The van der Waals surface area contributed by atoms with E-state index in [4.69, 9.17) is 4.74 Å². The van der Waals surface area contributed by atoms with Crippen LogP contribution in [0.4, 0.5) is 17.1 Å². The highest BCUT2D eigenvalue weighted by atomic mass is 16.5. The third-order valence-electron chi connectivity index (χ3n) is 9.87. The Bertz CT molecular complexity index is 2560. The van der Waals surface area contributed by atoms with Crippen LogP contribution in [-0.2, 0) is 0 Å². The quantitative estimate of drug-likeness (QED) is 0.204. The van der Waals surface area contributed by atoms with E-state index in [1.54, 1.807) is 0 Å². The lowest BCUT2D eigenvalue weighted by atomic mass is 9.57. The number of H-pyrrole nitrogens is 1. The van der Waals surface area contributed by atoms with E-state index in [2.05, 4.69) is 152 Å².